The maximum absolute atomic E-state index is 2.44. The lowest BCUT2D eigenvalue weighted by Crippen LogP contribution is -1.96. The van der Waals surface area contributed by atoms with Crippen molar-refractivity contribution in [2.24, 2.45) is 0 Å². The number of rotatable bonds is 3. The average Bonchev–Trinajstić information content (AvgIpc) is 3.42. The Morgan fingerprint density at radius 1 is 0.318 bits per heavy atom. The Hall–Kier alpha value is -5.66. The molecule has 0 radical (unpaired) electrons. The van der Waals surface area contributed by atoms with E-state index in [0.29, 0.717) is 0 Å². The molecule has 0 aliphatic heterocycles. The molecule has 1 heteroatoms. The average molecular weight is 560 g/mol. The number of nitrogens with zero attached hydrogens (tertiary/aromatic N) is 1. The van der Waals surface area contributed by atoms with Gasteiger partial charge in [-0.3, -0.25) is 0 Å². The molecule has 44 heavy (non-hydrogen) atoms. The predicted molar refractivity (Wildman–Crippen MR) is 189 cm³/mol. The van der Waals surface area contributed by atoms with Crippen LogP contribution in [0.3, 0.4) is 0 Å². The van der Waals surface area contributed by atoms with Gasteiger partial charge >= 0.3 is 0 Å². The molecule has 1 aromatic heterocycles. The largest absolute Gasteiger partial charge is 0.309 e. The highest BCUT2D eigenvalue weighted by Crippen LogP contribution is 2.39. The van der Waals surface area contributed by atoms with E-state index in [2.05, 4.69) is 169 Å². The number of aromatic nitrogens is 1. The second kappa shape index (κ2) is 9.69. The molecule has 0 atom stereocenters. The molecule has 1 heterocycles. The number of fused-ring (bicyclic) bond motifs is 9. The summed E-state index contributed by atoms with van der Waals surface area (Å²) in [6, 6.07) is 57.9. The summed E-state index contributed by atoms with van der Waals surface area (Å²) in [4.78, 5) is 0. The van der Waals surface area contributed by atoms with Crippen molar-refractivity contribution in [1.82, 2.24) is 4.57 Å². The van der Waals surface area contributed by atoms with Gasteiger partial charge in [-0.1, -0.05) is 127 Å². The molecule has 0 saturated carbocycles. The Bertz CT molecular complexity index is 2520. The van der Waals surface area contributed by atoms with Gasteiger partial charge in [0.1, 0.15) is 0 Å². The van der Waals surface area contributed by atoms with Crippen molar-refractivity contribution in [3.63, 3.8) is 0 Å². The van der Waals surface area contributed by atoms with Crippen LogP contribution in [0.15, 0.2) is 158 Å². The topological polar surface area (TPSA) is 4.93 Å². The van der Waals surface area contributed by atoms with Crippen LogP contribution in [0, 0.1) is 6.92 Å². The van der Waals surface area contributed by atoms with Gasteiger partial charge < -0.3 is 4.57 Å². The predicted octanol–water partition coefficient (Wildman–Crippen LogP) is 11.9. The van der Waals surface area contributed by atoms with Gasteiger partial charge in [0.05, 0.1) is 11.0 Å². The molecule has 9 aromatic rings. The van der Waals surface area contributed by atoms with Gasteiger partial charge in [0.15, 0.2) is 0 Å². The summed E-state index contributed by atoms with van der Waals surface area (Å²) in [6.07, 6.45) is 0. The van der Waals surface area contributed by atoms with E-state index in [1.807, 2.05) is 0 Å². The molecule has 0 bridgehead atoms. The third-order valence-corrected chi connectivity index (χ3v) is 9.18. The third kappa shape index (κ3) is 3.80. The number of benzene rings is 8. The summed E-state index contributed by atoms with van der Waals surface area (Å²) in [5, 5.41) is 10.3. The standard InChI is InChI=1S/C43H29N/c1-28-23-32(30-19-21-38-36-15-6-5-13-34(36)35-14-7-8-16-37(35)41(38)26-30)25-33(24-28)44-42-18-10-9-17-39(42)40-22-20-31(27-43(40)44)29-11-3-2-4-12-29/h2-27H,1H3. The maximum Gasteiger partial charge on any atom is 0.0547 e. The van der Waals surface area contributed by atoms with Crippen LogP contribution in [0.25, 0.3) is 82.1 Å². The van der Waals surface area contributed by atoms with Gasteiger partial charge in [-0.05, 0) is 97.4 Å². The summed E-state index contributed by atoms with van der Waals surface area (Å²) < 4.78 is 2.44. The smallest absolute Gasteiger partial charge is 0.0547 e. The minimum absolute atomic E-state index is 1.18. The van der Waals surface area contributed by atoms with Crippen molar-refractivity contribution in [1.29, 1.82) is 0 Å². The summed E-state index contributed by atoms with van der Waals surface area (Å²) in [6.45, 7) is 2.21. The molecule has 9 rings (SSSR count). The fraction of sp³-hybridized carbons (Fsp3) is 0.0233. The second-order valence-electron chi connectivity index (χ2n) is 11.9. The van der Waals surface area contributed by atoms with Crippen molar-refractivity contribution >= 4 is 54.1 Å². The molecular formula is C43H29N. The minimum atomic E-state index is 1.18. The normalized spacial score (nSPS) is 11.8. The van der Waals surface area contributed by atoms with Crippen LogP contribution in [0.1, 0.15) is 5.56 Å². The van der Waals surface area contributed by atoms with Crippen molar-refractivity contribution in [2.45, 2.75) is 6.92 Å². The zero-order valence-corrected chi connectivity index (χ0v) is 24.5. The number of aryl methyl sites for hydroxylation is 1. The molecule has 0 amide bonds. The lowest BCUT2D eigenvalue weighted by molar-refractivity contribution is 1.17. The Kier molecular flexibility index (Phi) is 5.48. The molecule has 0 aliphatic carbocycles. The van der Waals surface area contributed by atoms with Gasteiger partial charge in [0, 0.05) is 16.5 Å². The molecule has 0 unspecified atom stereocenters. The van der Waals surface area contributed by atoms with E-state index in [1.54, 1.807) is 0 Å². The van der Waals surface area contributed by atoms with Gasteiger partial charge in [0.2, 0.25) is 0 Å². The molecule has 206 valence electrons. The van der Waals surface area contributed by atoms with E-state index in [9.17, 15) is 0 Å². The molecule has 0 aliphatic rings. The summed E-state index contributed by atoms with van der Waals surface area (Å²) in [5.74, 6) is 0. The van der Waals surface area contributed by atoms with Crippen LogP contribution in [-0.2, 0) is 0 Å². The van der Waals surface area contributed by atoms with Crippen LogP contribution in [-0.4, -0.2) is 4.57 Å². The quantitative estimate of drug-likeness (QED) is 0.190. The highest BCUT2D eigenvalue weighted by atomic mass is 15.0. The van der Waals surface area contributed by atoms with E-state index in [4.69, 9.17) is 0 Å². The van der Waals surface area contributed by atoms with Crippen molar-refractivity contribution < 1.29 is 0 Å². The summed E-state index contributed by atoms with van der Waals surface area (Å²) >= 11 is 0. The zero-order valence-electron chi connectivity index (χ0n) is 24.5. The minimum Gasteiger partial charge on any atom is -0.309 e. The SMILES string of the molecule is Cc1cc(-c2ccc3c4ccccc4c4ccccc4c3c2)cc(-n2c3ccccc3c3ccc(-c4ccccc4)cc32)c1. The fourth-order valence-electron chi connectivity index (χ4n) is 7.20. The Labute approximate surface area is 256 Å². The monoisotopic (exact) mass is 559 g/mol. The first-order valence-electron chi connectivity index (χ1n) is 15.3. The van der Waals surface area contributed by atoms with Gasteiger partial charge in [-0.2, -0.15) is 0 Å². The van der Waals surface area contributed by atoms with E-state index in [-0.39, 0.29) is 0 Å². The lowest BCUT2D eigenvalue weighted by Gasteiger charge is -2.14. The summed E-state index contributed by atoms with van der Waals surface area (Å²) in [5.41, 5.74) is 9.78. The van der Waals surface area contributed by atoms with E-state index in [0.717, 1.165) is 0 Å². The maximum atomic E-state index is 2.44. The molecule has 0 spiro atoms. The van der Waals surface area contributed by atoms with E-state index in [1.165, 1.54) is 87.6 Å². The van der Waals surface area contributed by atoms with E-state index < -0.39 is 0 Å². The van der Waals surface area contributed by atoms with Crippen LogP contribution >= 0.6 is 0 Å². The first-order chi connectivity index (χ1) is 21.7. The van der Waals surface area contributed by atoms with Crippen LogP contribution < -0.4 is 0 Å². The molecule has 8 aromatic carbocycles. The number of hydrogen-bond acceptors (Lipinski definition) is 0. The Morgan fingerprint density at radius 3 is 1.55 bits per heavy atom. The molecule has 0 fully saturated rings. The molecule has 0 saturated heterocycles. The van der Waals surface area contributed by atoms with Crippen molar-refractivity contribution in [2.75, 3.05) is 0 Å². The lowest BCUT2D eigenvalue weighted by atomic mass is 9.92. The van der Waals surface area contributed by atoms with Crippen molar-refractivity contribution in [3.05, 3.63) is 163 Å². The third-order valence-electron chi connectivity index (χ3n) is 9.18. The van der Waals surface area contributed by atoms with Crippen LogP contribution in [0.5, 0.6) is 0 Å². The molecular weight excluding hydrogens is 530 g/mol. The van der Waals surface area contributed by atoms with Crippen LogP contribution in [0.4, 0.5) is 0 Å². The highest BCUT2D eigenvalue weighted by Gasteiger charge is 2.15. The Morgan fingerprint density at radius 2 is 0.841 bits per heavy atom. The van der Waals surface area contributed by atoms with Gasteiger partial charge in [-0.15, -0.1) is 0 Å². The van der Waals surface area contributed by atoms with Gasteiger partial charge in [0.25, 0.3) is 0 Å². The fourth-order valence-corrected chi connectivity index (χ4v) is 7.20. The Balaban J connectivity index is 1.29. The van der Waals surface area contributed by atoms with Gasteiger partial charge in [-0.25, -0.2) is 0 Å². The highest BCUT2D eigenvalue weighted by molar-refractivity contribution is 6.25. The first-order valence-corrected chi connectivity index (χ1v) is 15.3. The summed E-state index contributed by atoms with van der Waals surface area (Å²) in [7, 11) is 0. The number of para-hydroxylation sites is 1. The molecule has 0 N–H and O–H groups in total. The number of hydrogen-bond donors (Lipinski definition) is 0. The second-order valence-corrected chi connectivity index (χ2v) is 11.9. The molecule has 1 nitrogen and oxygen atoms in total. The first kappa shape index (κ1) is 24.9. The van der Waals surface area contributed by atoms with E-state index >= 15 is 0 Å². The zero-order chi connectivity index (χ0) is 29.2. The van der Waals surface area contributed by atoms with Crippen LogP contribution in [0.2, 0.25) is 0 Å². The van der Waals surface area contributed by atoms with Crippen molar-refractivity contribution in [3.8, 4) is 27.9 Å².